The van der Waals surface area contributed by atoms with Gasteiger partial charge in [-0.3, -0.25) is 4.79 Å². The Morgan fingerprint density at radius 2 is 2.36 bits per heavy atom. The molecule has 0 unspecified atom stereocenters. The van der Waals surface area contributed by atoms with Crippen LogP contribution >= 0.6 is 0 Å². The van der Waals surface area contributed by atoms with Crippen LogP contribution in [0.2, 0.25) is 0 Å². The first-order valence-corrected chi connectivity index (χ1v) is 4.55. The van der Waals surface area contributed by atoms with Crippen LogP contribution in [0.1, 0.15) is 19.7 Å². The summed E-state index contributed by atoms with van der Waals surface area (Å²) in [5, 5.41) is 2.76. The van der Waals surface area contributed by atoms with Crippen molar-refractivity contribution in [2.45, 2.75) is 19.9 Å². The third-order valence-corrected chi connectivity index (χ3v) is 1.67. The van der Waals surface area contributed by atoms with E-state index in [4.69, 9.17) is 0 Å². The van der Waals surface area contributed by atoms with Crippen molar-refractivity contribution in [1.82, 2.24) is 14.9 Å². The van der Waals surface area contributed by atoms with Crippen molar-refractivity contribution in [3.63, 3.8) is 0 Å². The predicted octanol–water partition coefficient (Wildman–Crippen LogP) is 0.958. The molecule has 0 fully saturated rings. The van der Waals surface area contributed by atoms with Gasteiger partial charge in [0, 0.05) is 31.6 Å². The van der Waals surface area contributed by atoms with Gasteiger partial charge in [0.05, 0.1) is 0 Å². The number of hydrogen-bond donors (Lipinski definition) is 1. The molecule has 1 aromatic rings. The van der Waals surface area contributed by atoms with Gasteiger partial charge in [0.15, 0.2) is 0 Å². The molecule has 0 aliphatic carbocycles. The highest BCUT2D eigenvalue weighted by Gasteiger charge is 1.98. The van der Waals surface area contributed by atoms with Crippen molar-refractivity contribution in [2.75, 3.05) is 0 Å². The fourth-order valence-electron chi connectivity index (χ4n) is 1.02. The molecule has 4 nitrogen and oxygen atoms in total. The van der Waals surface area contributed by atoms with E-state index in [0.717, 1.165) is 5.82 Å². The van der Waals surface area contributed by atoms with Gasteiger partial charge in [-0.05, 0) is 19.9 Å². The molecule has 0 saturated carbocycles. The number of rotatable bonds is 3. The van der Waals surface area contributed by atoms with Crippen LogP contribution in [-0.4, -0.2) is 21.5 Å². The molecule has 1 heterocycles. The Balaban J connectivity index is 2.56. The van der Waals surface area contributed by atoms with Crippen molar-refractivity contribution in [3.8, 4) is 0 Å². The molecule has 14 heavy (non-hydrogen) atoms. The summed E-state index contributed by atoms with van der Waals surface area (Å²) in [6.07, 6.45) is 6.71. The number of amides is 1. The van der Waals surface area contributed by atoms with Crippen LogP contribution in [0.5, 0.6) is 0 Å². The van der Waals surface area contributed by atoms with Crippen molar-refractivity contribution >= 4 is 12.0 Å². The van der Waals surface area contributed by atoms with Gasteiger partial charge in [0.2, 0.25) is 5.91 Å². The maximum Gasteiger partial charge on any atom is 0.244 e. The van der Waals surface area contributed by atoms with Crippen molar-refractivity contribution in [2.24, 2.45) is 7.05 Å². The largest absolute Gasteiger partial charge is 0.350 e. The summed E-state index contributed by atoms with van der Waals surface area (Å²) in [5.41, 5.74) is 0. The number of carbonyl (C=O) groups excluding carboxylic acids is 1. The number of hydrogen-bond acceptors (Lipinski definition) is 2. The second kappa shape index (κ2) is 4.60. The number of imidazole rings is 1. The second-order valence-electron chi connectivity index (χ2n) is 3.39. The molecule has 1 amide bonds. The van der Waals surface area contributed by atoms with Gasteiger partial charge >= 0.3 is 0 Å². The Morgan fingerprint density at radius 1 is 1.64 bits per heavy atom. The van der Waals surface area contributed by atoms with Crippen LogP contribution in [0.4, 0.5) is 0 Å². The van der Waals surface area contributed by atoms with Gasteiger partial charge in [0.25, 0.3) is 0 Å². The molecule has 0 saturated heterocycles. The topological polar surface area (TPSA) is 46.9 Å². The molecule has 0 radical (unpaired) electrons. The maximum absolute atomic E-state index is 11.2. The first kappa shape index (κ1) is 10.5. The molecule has 0 bridgehead atoms. The highest BCUT2D eigenvalue weighted by Crippen LogP contribution is 1.96. The zero-order valence-corrected chi connectivity index (χ0v) is 8.69. The lowest BCUT2D eigenvalue weighted by atomic mass is 10.3. The highest BCUT2D eigenvalue weighted by molar-refractivity contribution is 5.91. The van der Waals surface area contributed by atoms with Crippen LogP contribution in [0.3, 0.4) is 0 Å². The van der Waals surface area contributed by atoms with Crippen molar-refractivity contribution in [3.05, 3.63) is 24.3 Å². The van der Waals surface area contributed by atoms with E-state index in [1.54, 1.807) is 12.3 Å². The van der Waals surface area contributed by atoms with Gasteiger partial charge in [-0.1, -0.05) is 0 Å². The van der Waals surface area contributed by atoms with E-state index in [9.17, 15) is 4.79 Å². The minimum absolute atomic E-state index is 0.0944. The fourth-order valence-corrected chi connectivity index (χ4v) is 1.02. The van der Waals surface area contributed by atoms with Crippen LogP contribution in [0, 0.1) is 0 Å². The number of aromatic nitrogens is 2. The Bertz CT molecular complexity index is 339. The van der Waals surface area contributed by atoms with Gasteiger partial charge in [-0.25, -0.2) is 4.98 Å². The molecule has 76 valence electrons. The van der Waals surface area contributed by atoms with E-state index in [2.05, 4.69) is 10.3 Å². The van der Waals surface area contributed by atoms with Crippen molar-refractivity contribution < 1.29 is 4.79 Å². The molecule has 0 aliphatic heterocycles. The zero-order valence-electron chi connectivity index (χ0n) is 8.69. The Labute approximate surface area is 83.6 Å². The third-order valence-electron chi connectivity index (χ3n) is 1.67. The van der Waals surface area contributed by atoms with Gasteiger partial charge < -0.3 is 9.88 Å². The molecular formula is C10H15N3O. The van der Waals surface area contributed by atoms with E-state index in [0.29, 0.717) is 0 Å². The smallest absolute Gasteiger partial charge is 0.244 e. The SMILES string of the molecule is CC(C)NC(=O)/C=C/c1nccn1C. The van der Waals surface area contributed by atoms with Gasteiger partial charge in [-0.15, -0.1) is 0 Å². The van der Waals surface area contributed by atoms with E-state index < -0.39 is 0 Å². The van der Waals surface area contributed by atoms with Crippen LogP contribution in [-0.2, 0) is 11.8 Å². The maximum atomic E-state index is 11.2. The molecule has 0 aliphatic rings. The third kappa shape index (κ3) is 3.05. The summed E-state index contributed by atoms with van der Waals surface area (Å²) in [6, 6.07) is 0.161. The normalized spacial score (nSPS) is 11.1. The van der Waals surface area contributed by atoms with E-state index in [1.807, 2.05) is 31.7 Å². The highest BCUT2D eigenvalue weighted by atomic mass is 16.1. The monoisotopic (exact) mass is 193 g/mol. The average molecular weight is 193 g/mol. The molecule has 1 rings (SSSR count). The summed E-state index contributed by atoms with van der Waals surface area (Å²) in [6.45, 7) is 3.85. The number of carbonyl (C=O) groups is 1. The standard InChI is InChI=1S/C10H15N3O/c1-8(2)12-10(14)5-4-9-11-6-7-13(9)3/h4-8H,1-3H3,(H,12,14)/b5-4+. The molecule has 0 spiro atoms. The van der Waals surface area contributed by atoms with Gasteiger partial charge in [-0.2, -0.15) is 0 Å². The van der Waals surface area contributed by atoms with Crippen LogP contribution in [0.15, 0.2) is 18.5 Å². The summed E-state index contributed by atoms with van der Waals surface area (Å²) in [5.74, 6) is 0.673. The first-order valence-electron chi connectivity index (χ1n) is 4.55. The second-order valence-corrected chi connectivity index (χ2v) is 3.39. The molecule has 1 N–H and O–H groups in total. The molecule has 0 aromatic carbocycles. The van der Waals surface area contributed by atoms with E-state index in [1.165, 1.54) is 6.08 Å². The van der Waals surface area contributed by atoms with Crippen molar-refractivity contribution in [1.29, 1.82) is 0 Å². The minimum Gasteiger partial charge on any atom is -0.350 e. The lowest BCUT2D eigenvalue weighted by molar-refractivity contribution is -0.116. The average Bonchev–Trinajstić information content (AvgIpc) is 2.46. The minimum atomic E-state index is -0.0944. The van der Waals surface area contributed by atoms with Crippen LogP contribution in [0.25, 0.3) is 6.08 Å². The lowest BCUT2D eigenvalue weighted by Crippen LogP contribution is -2.28. The molecule has 0 atom stereocenters. The molecule has 1 aromatic heterocycles. The summed E-state index contributed by atoms with van der Waals surface area (Å²) in [4.78, 5) is 15.3. The number of nitrogens with zero attached hydrogens (tertiary/aromatic N) is 2. The first-order chi connectivity index (χ1) is 6.59. The van der Waals surface area contributed by atoms with Crippen LogP contribution < -0.4 is 5.32 Å². The lowest BCUT2D eigenvalue weighted by Gasteiger charge is -2.03. The summed E-state index contributed by atoms with van der Waals surface area (Å²) < 4.78 is 1.85. The fraction of sp³-hybridized carbons (Fsp3) is 0.400. The Kier molecular flexibility index (Phi) is 3.45. The summed E-state index contributed by atoms with van der Waals surface area (Å²) >= 11 is 0. The molecule has 4 heteroatoms. The Morgan fingerprint density at radius 3 is 2.86 bits per heavy atom. The molecular weight excluding hydrogens is 178 g/mol. The predicted molar refractivity (Wildman–Crippen MR) is 55.5 cm³/mol. The van der Waals surface area contributed by atoms with Gasteiger partial charge in [0.1, 0.15) is 5.82 Å². The van der Waals surface area contributed by atoms with E-state index in [-0.39, 0.29) is 11.9 Å². The number of aryl methyl sites for hydroxylation is 1. The van der Waals surface area contributed by atoms with E-state index >= 15 is 0 Å². The zero-order chi connectivity index (χ0) is 10.6. The Hall–Kier alpha value is -1.58. The quantitative estimate of drug-likeness (QED) is 0.727. The number of nitrogens with one attached hydrogen (secondary N) is 1. The summed E-state index contributed by atoms with van der Waals surface area (Å²) in [7, 11) is 1.88.